The minimum absolute atomic E-state index is 0.739. The Morgan fingerprint density at radius 3 is 3.18 bits per heavy atom. The van der Waals surface area contributed by atoms with Crippen LogP contribution in [0.4, 0.5) is 0 Å². The molecule has 0 saturated heterocycles. The van der Waals surface area contributed by atoms with E-state index in [1.165, 1.54) is 46.3 Å². The molecule has 3 aromatic heterocycles. The quantitative estimate of drug-likeness (QED) is 0.628. The van der Waals surface area contributed by atoms with Gasteiger partial charge in [0.2, 0.25) is 0 Å². The van der Waals surface area contributed by atoms with Crippen molar-refractivity contribution in [3.63, 3.8) is 0 Å². The van der Waals surface area contributed by atoms with Crippen molar-refractivity contribution in [2.75, 3.05) is 0 Å². The average Bonchev–Trinajstić information content (AvgIpc) is 2.90. The summed E-state index contributed by atoms with van der Waals surface area (Å²) >= 11 is 7.22. The summed E-state index contributed by atoms with van der Waals surface area (Å²) in [5, 5.41) is 1.34. The SMILES string of the molecule is S=c1[nH]c2sc3c(c2c2cncn12)CCCC3. The predicted molar refractivity (Wildman–Crippen MR) is 72.4 cm³/mol. The number of imidazole rings is 1. The molecule has 1 N–H and O–H groups in total. The highest BCUT2D eigenvalue weighted by molar-refractivity contribution is 7.71. The van der Waals surface area contributed by atoms with Crippen molar-refractivity contribution < 1.29 is 0 Å². The smallest absolute Gasteiger partial charge is 0.184 e. The van der Waals surface area contributed by atoms with E-state index in [1.54, 1.807) is 6.33 Å². The Balaban J connectivity index is 2.27. The molecule has 0 saturated carbocycles. The highest BCUT2D eigenvalue weighted by Gasteiger charge is 2.18. The second-order valence-corrected chi connectivity index (χ2v) is 5.99. The minimum Gasteiger partial charge on any atom is -0.323 e. The number of hydrogen-bond donors (Lipinski definition) is 1. The number of H-pyrrole nitrogens is 1. The summed E-state index contributed by atoms with van der Waals surface area (Å²) in [6.07, 6.45) is 8.75. The van der Waals surface area contributed by atoms with Crippen LogP contribution in [0, 0.1) is 4.77 Å². The van der Waals surface area contributed by atoms with E-state index in [2.05, 4.69) is 9.97 Å². The molecule has 17 heavy (non-hydrogen) atoms. The molecule has 0 fully saturated rings. The summed E-state index contributed by atoms with van der Waals surface area (Å²) < 4.78 is 2.71. The molecule has 0 unspecified atom stereocenters. The van der Waals surface area contributed by atoms with Crippen LogP contribution in [0.25, 0.3) is 15.7 Å². The normalized spacial score (nSPS) is 15.5. The number of aromatic nitrogens is 3. The molecule has 4 rings (SSSR count). The van der Waals surface area contributed by atoms with E-state index in [1.807, 2.05) is 21.9 Å². The Labute approximate surface area is 107 Å². The molecule has 86 valence electrons. The lowest BCUT2D eigenvalue weighted by atomic mass is 9.97. The first kappa shape index (κ1) is 9.79. The van der Waals surface area contributed by atoms with E-state index >= 15 is 0 Å². The molecule has 0 aromatic carbocycles. The van der Waals surface area contributed by atoms with Crippen LogP contribution in [0.2, 0.25) is 0 Å². The molecule has 1 aliphatic rings. The monoisotopic (exact) mass is 261 g/mol. The number of nitrogens with one attached hydrogen (secondary N) is 1. The third-order valence-corrected chi connectivity index (χ3v) is 5.01. The Hall–Kier alpha value is -1.20. The maximum absolute atomic E-state index is 5.35. The fourth-order valence-electron chi connectivity index (χ4n) is 2.72. The van der Waals surface area contributed by atoms with E-state index in [0.717, 1.165) is 10.3 Å². The molecule has 1 aliphatic carbocycles. The van der Waals surface area contributed by atoms with E-state index in [4.69, 9.17) is 12.2 Å². The van der Waals surface area contributed by atoms with Gasteiger partial charge >= 0.3 is 0 Å². The fraction of sp³-hybridized carbons (Fsp3) is 0.333. The summed E-state index contributed by atoms with van der Waals surface area (Å²) in [5.74, 6) is 0. The van der Waals surface area contributed by atoms with Gasteiger partial charge in [0.1, 0.15) is 11.2 Å². The van der Waals surface area contributed by atoms with Gasteiger partial charge < -0.3 is 4.98 Å². The largest absolute Gasteiger partial charge is 0.323 e. The first-order chi connectivity index (χ1) is 8.34. The van der Waals surface area contributed by atoms with Gasteiger partial charge in [-0.15, -0.1) is 11.3 Å². The number of fused-ring (bicyclic) bond motifs is 5. The summed E-state index contributed by atoms with van der Waals surface area (Å²) in [6, 6.07) is 0. The maximum Gasteiger partial charge on any atom is 0.184 e. The second kappa shape index (κ2) is 3.40. The van der Waals surface area contributed by atoms with Crippen molar-refractivity contribution in [3.05, 3.63) is 27.7 Å². The Morgan fingerprint density at radius 1 is 1.35 bits per heavy atom. The summed E-state index contributed by atoms with van der Waals surface area (Å²) in [6.45, 7) is 0. The van der Waals surface area contributed by atoms with Crippen molar-refractivity contribution in [2.24, 2.45) is 0 Å². The standard InChI is InChI=1S/C12H11N3S2/c16-12-14-11-10(8-5-13-6-15(8)12)7-3-1-2-4-9(7)17-11/h5-6H,1-4H2,(H,14,16). The lowest BCUT2D eigenvalue weighted by molar-refractivity contribution is 0.700. The molecule has 0 bridgehead atoms. The van der Waals surface area contributed by atoms with Crippen LogP contribution in [0.15, 0.2) is 12.5 Å². The molecule has 0 spiro atoms. The van der Waals surface area contributed by atoms with Gasteiger partial charge in [0.05, 0.1) is 11.7 Å². The number of thiophene rings is 1. The number of hydrogen-bond acceptors (Lipinski definition) is 3. The molecular formula is C12H11N3S2. The van der Waals surface area contributed by atoms with Gasteiger partial charge in [-0.25, -0.2) is 4.98 Å². The van der Waals surface area contributed by atoms with Crippen LogP contribution in [0.5, 0.6) is 0 Å². The first-order valence-corrected chi connectivity index (χ1v) is 7.05. The highest BCUT2D eigenvalue weighted by atomic mass is 32.1. The summed E-state index contributed by atoms with van der Waals surface area (Å²) in [7, 11) is 0. The minimum atomic E-state index is 0.739. The third kappa shape index (κ3) is 1.26. The van der Waals surface area contributed by atoms with Crippen LogP contribution in [0.3, 0.4) is 0 Å². The topological polar surface area (TPSA) is 33.1 Å². The van der Waals surface area contributed by atoms with Crippen LogP contribution in [0.1, 0.15) is 23.3 Å². The molecule has 0 aliphatic heterocycles. The number of aryl methyl sites for hydroxylation is 2. The molecule has 3 heterocycles. The van der Waals surface area contributed by atoms with Crippen molar-refractivity contribution in [1.29, 1.82) is 0 Å². The lowest BCUT2D eigenvalue weighted by Crippen LogP contribution is -1.98. The van der Waals surface area contributed by atoms with Crippen molar-refractivity contribution in [1.82, 2.24) is 14.4 Å². The van der Waals surface area contributed by atoms with Crippen LogP contribution < -0.4 is 0 Å². The van der Waals surface area contributed by atoms with Crippen LogP contribution in [-0.2, 0) is 12.8 Å². The van der Waals surface area contributed by atoms with Crippen molar-refractivity contribution >= 4 is 39.3 Å². The Kier molecular flexibility index (Phi) is 1.96. The lowest BCUT2D eigenvalue weighted by Gasteiger charge is -2.10. The number of nitrogens with zero attached hydrogens (tertiary/aromatic N) is 2. The van der Waals surface area contributed by atoms with Gasteiger partial charge in [-0.1, -0.05) is 0 Å². The zero-order valence-electron chi connectivity index (χ0n) is 9.19. The van der Waals surface area contributed by atoms with E-state index in [0.29, 0.717) is 0 Å². The van der Waals surface area contributed by atoms with E-state index < -0.39 is 0 Å². The Morgan fingerprint density at radius 2 is 2.24 bits per heavy atom. The summed E-state index contributed by atoms with van der Waals surface area (Å²) in [5.41, 5.74) is 2.68. The molecular weight excluding hydrogens is 250 g/mol. The Bertz CT molecular complexity index is 778. The second-order valence-electron chi connectivity index (χ2n) is 4.49. The van der Waals surface area contributed by atoms with Crippen molar-refractivity contribution in [3.8, 4) is 0 Å². The fourth-order valence-corrected chi connectivity index (χ4v) is 4.33. The molecule has 5 heteroatoms. The number of aromatic amines is 1. The third-order valence-electron chi connectivity index (χ3n) is 3.51. The number of rotatable bonds is 0. The van der Waals surface area contributed by atoms with Gasteiger partial charge in [-0.05, 0) is 43.5 Å². The molecule has 0 radical (unpaired) electrons. The van der Waals surface area contributed by atoms with Crippen molar-refractivity contribution in [2.45, 2.75) is 25.7 Å². The van der Waals surface area contributed by atoms with Crippen LogP contribution >= 0.6 is 23.6 Å². The summed E-state index contributed by atoms with van der Waals surface area (Å²) in [4.78, 5) is 10.3. The predicted octanol–water partition coefficient (Wildman–Crippen LogP) is 3.49. The highest BCUT2D eigenvalue weighted by Crippen LogP contribution is 2.37. The molecule has 0 amide bonds. The van der Waals surface area contributed by atoms with Gasteiger partial charge in [0.25, 0.3) is 0 Å². The average molecular weight is 261 g/mol. The zero-order chi connectivity index (χ0) is 11.4. The molecule has 3 aromatic rings. The van der Waals surface area contributed by atoms with E-state index in [-0.39, 0.29) is 0 Å². The molecule has 3 nitrogen and oxygen atoms in total. The van der Waals surface area contributed by atoms with E-state index in [9.17, 15) is 0 Å². The molecule has 0 atom stereocenters. The maximum atomic E-state index is 5.35. The van der Waals surface area contributed by atoms with Gasteiger partial charge in [0, 0.05) is 10.3 Å². The van der Waals surface area contributed by atoms with Crippen LogP contribution in [-0.4, -0.2) is 14.4 Å². The first-order valence-electron chi connectivity index (χ1n) is 5.83. The zero-order valence-corrected chi connectivity index (χ0v) is 10.8. The van der Waals surface area contributed by atoms with Gasteiger partial charge in [0.15, 0.2) is 4.77 Å². The van der Waals surface area contributed by atoms with Gasteiger partial charge in [-0.3, -0.25) is 4.40 Å². The van der Waals surface area contributed by atoms with Gasteiger partial charge in [-0.2, -0.15) is 0 Å².